The summed E-state index contributed by atoms with van der Waals surface area (Å²) >= 11 is 0. The normalized spacial score (nSPS) is 14.4. The van der Waals surface area contributed by atoms with Gasteiger partial charge in [-0.1, -0.05) is 6.92 Å². The van der Waals surface area contributed by atoms with Gasteiger partial charge in [-0.05, 0) is 48.9 Å². The summed E-state index contributed by atoms with van der Waals surface area (Å²) in [6.07, 6.45) is 3.78. The molecule has 4 heteroatoms. The van der Waals surface area contributed by atoms with Crippen molar-refractivity contribution in [1.82, 2.24) is 5.32 Å². The highest BCUT2D eigenvalue weighted by atomic mass is 19.1. The van der Waals surface area contributed by atoms with Crippen LogP contribution in [0.15, 0.2) is 18.2 Å². The molecular formula is C17H27FN2O. The first-order valence-corrected chi connectivity index (χ1v) is 7.97. The summed E-state index contributed by atoms with van der Waals surface area (Å²) in [4.78, 5) is 2.42. The molecular weight excluding hydrogens is 267 g/mol. The van der Waals surface area contributed by atoms with Crippen molar-refractivity contribution < 1.29 is 9.13 Å². The molecule has 0 heterocycles. The third-order valence-corrected chi connectivity index (χ3v) is 3.85. The third-order valence-electron chi connectivity index (χ3n) is 3.85. The van der Waals surface area contributed by atoms with Gasteiger partial charge < -0.3 is 15.0 Å². The van der Waals surface area contributed by atoms with E-state index in [9.17, 15) is 4.39 Å². The van der Waals surface area contributed by atoms with E-state index in [2.05, 4.69) is 17.1 Å². The molecule has 1 fully saturated rings. The van der Waals surface area contributed by atoms with Crippen molar-refractivity contribution in [2.24, 2.45) is 5.92 Å². The Morgan fingerprint density at radius 1 is 1.38 bits per heavy atom. The first-order chi connectivity index (χ1) is 10.2. The van der Waals surface area contributed by atoms with Gasteiger partial charge >= 0.3 is 0 Å². The Morgan fingerprint density at radius 3 is 2.86 bits per heavy atom. The van der Waals surface area contributed by atoms with Crippen LogP contribution in [0.25, 0.3) is 0 Å². The smallest absolute Gasteiger partial charge is 0.123 e. The zero-order valence-electron chi connectivity index (χ0n) is 13.2. The molecule has 1 N–H and O–H groups in total. The Kier molecular flexibility index (Phi) is 6.46. The van der Waals surface area contributed by atoms with E-state index in [4.69, 9.17) is 4.74 Å². The van der Waals surface area contributed by atoms with Crippen molar-refractivity contribution in [2.45, 2.75) is 32.7 Å². The first kappa shape index (κ1) is 16.2. The minimum atomic E-state index is -0.162. The molecule has 0 amide bonds. The van der Waals surface area contributed by atoms with Gasteiger partial charge in [-0.25, -0.2) is 4.39 Å². The molecule has 1 aromatic rings. The van der Waals surface area contributed by atoms with Crippen LogP contribution < -0.4 is 10.2 Å². The second-order valence-corrected chi connectivity index (χ2v) is 5.83. The number of rotatable bonds is 10. The topological polar surface area (TPSA) is 24.5 Å². The van der Waals surface area contributed by atoms with Crippen molar-refractivity contribution in [3.8, 4) is 0 Å². The highest BCUT2D eigenvalue weighted by molar-refractivity contribution is 5.54. The lowest BCUT2D eigenvalue weighted by molar-refractivity contribution is 0.199. The summed E-state index contributed by atoms with van der Waals surface area (Å²) in [6, 6.07) is 5.16. The largest absolute Gasteiger partial charge is 0.383 e. The fourth-order valence-electron chi connectivity index (χ4n) is 2.59. The number of methoxy groups -OCH3 is 1. The summed E-state index contributed by atoms with van der Waals surface area (Å²) < 4.78 is 18.6. The van der Waals surface area contributed by atoms with Crippen LogP contribution in [0.3, 0.4) is 0 Å². The highest BCUT2D eigenvalue weighted by Gasteiger charge is 2.25. The van der Waals surface area contributed by atoms with Crippen molar-refractivity contribution >= 4 is 5.69 Å². The van der Waals surface area contributed by atoms with Crippen LogP contribution in [0, 0.1) is 11.7 Å². The lowest BCUT2D eigenvalue weighted by atomic mass is 10.1. The van der Waals surface area contributed by atoms with E-state index >= 15 is 0 Å². The molecule has 0 bridgehead atoms. The van der Waals surface area contributed by atoms with E-state index < -0.39 is 0 Å². The number of nitrogens with one attached hydrogen (secondary N) is 1. The minimum Gasteiger partial charge on any atom is -0.383 e. The monoisotopic (exact) mass is 294 g/mol. The summed E-state index contributed by atoms with van der Waals surface area (Å²) in [5.41, 5.74) is 2.22. The molecule has 0 atom stereocenters. The Morgan fingerprint density at radius 2 is 2.19 bits per heavy atom. The molecule has 1 aliphatic carbocycles. The van der Waals surface area contributed by atoms with E-state index in [1.807, 2.05) is 6.07 Å². The molecule has 0 spiro atoms. The Balaban J connectivity index is 2.06. The number of nitrogens with zero attached hydrogens (tertiary/aromatic N) is 1. The van der Waals surface area contributed by atoms with Gasteiger partial charge in [0, 0.05) is 39.0 Å². The second kappa shape index (κ2) is 8.35. The number of benzene rings is 1. The van der Waals surface area contributed by atoms with Gasteiger partial charge in [0.15, 0.2) is 0 Å². The van der Waals surface area contributed by atoms with Gasteiger partial charge in [-0.15, -0.1) is 0 Å². The SMILES string of the molecule is CCCN(CC1CC1)c1ccc(F)cc1CNCCOC. The van der Waals surface area contributed by atoms with Gasteiger partial charge in [-0.3, -0.25) is 0 Å². The standard InChI is InChI=1S/C17H27FN2O/c1-3-9-20(13-14-4-5-14)17-7-6-16(18)11-15(17)12-19-8-10-21-2/h6-7,11,14,19H,3-5,8-10,12-13H2,1-2H3. The van der Waals surface area contributed by atoms with E-state index in [0.29, 0.717) is 13.2 Å². The van der Waals surface area contributed by atoms with Crippen LogP contribution in [-0.2, 0) is 11.3 Å². The molecule has 21 heavy (non-hydrogen) atoms. The molecule has 1 aliphatic rings. The van der Waals surface area contributed by atoms with Crippen molar-refractivity contribution in [2.75, 3.05) is 38.3 Å². The quantitative estimate of drug-likeness (QED) is 0.671. The van der Waals surface area contributed by atoms with Gasteiger partial charge in [0.2, 0.25) is 0 Å². The molecule has 0 unspecified atom stereocenters. The molecule has 0 radical (unpaired) electrons. The number of ether oxygens (including phenoxy) is 1. The van der Waals surface area contributed by atoms with Gasteiger partial charge in [0.25, 0.3) is 0 Å². The third kappa shape index (κ3) is 5.29. The molecule has 1 saturated carbocycles. The Labute approximate surface area is 127 Å². The maximum atomic E-state index is 13.6. The molecule has 1 aromatic carbocycles. The Hall–Kier alpha value is -1.13. The van der Waals surface area contributed by atoms with E-state index in [-0.39, 0.29) is 5.82 Å². The maximum Gasteiger partial charge on any atom is 0.123 e. The fourth-order valence-corrected chi connectivity index (χ4v) is 2.59. The van der Waals surface area contributed by atoms with E-state index in [0.717, 1.165) is 37.5 Å². The predicted octanol–water partition coefficient (Wildman–Crippen LogP) is 3.19. The first-order valence-electron chi connectivity index (χ1n) is 7.97. The minimum absolute atomic E-state index is 0.162. The van der Waals surface area contributed by atoms with Gasteiger partial charge in [0.05, 0.1) is 6.61 Å². The lowest BCUT2D eigenvalue weighted by Crippen LogP contribution is -2.29. The number of anilines is 1. The van der Waals surface area contributed by atoms with Crippen LogP contribution >= 0.6 is 0 Å². The van der Waals surface area contributed by atoms with Crippen molar-refractivity contribution in [3.63, 3.8) is 0 Å². The Bertz CT molecular complexity index is 435. The van der Waals surface area contributed by atoms with Crippen LogP contribution in [0.1, 0.15) is 31.7 Å². The maximum absolute atomic E-state index is 13.6. The highest BCUT2D eigenvalue weighted by Crippen LogP contribution is 2.32. The molecule has 0 aromatic heterocycles. The van der Waals surface area contributed by atoms with Crippen LogP contribution in [-0.4, -0.2) is 33.4 Å². The predicted molar refractivity (Wildman–Crippen MR) is 85.2 cm³/mol. The average molecular weight is 294 g/mol. The number of halogens is 1. The van der Waals surface area contributed by atoms with Crippen molar-refractivity contribution in [1.29, 1.82) is 0 Å². The number of hydrogen-bond acceptors (Lipinski definition) is 3. The molecule has 118 valence electrons. The molecule has 2 rings (SSSR count). The average Bonchev–Trinajstić information content (AvgIpc) is 3.27. The van der Waals surface area contributed by atoms with Crippen LogP contribution in [0.4, 0.5) is 10.1 Å². The van der Waals surface area contributed by atoms with Crippen molar-refractivity contribution in [3.05, 3.63) is 29.6 Å². The van der Waals surface area contributed by atoms with Crippen LogP contribution in [0.2, 0.25) is 0 Å². The molecule has 3 nitrogen and oxygen atoms in total. The summed E-state index contributed by atoms with van der Waals surface area (Å²) in [5.74, 6) is 0.668. The molecule has 0 saturated heterocycles. The lowest BCUT2D eigenvalue weighted by Gasteiger charge is -2.27. The summed E-state index contributed by atoms with van der Waals surface area (Å²) in [7, 11) is 1.69. The van der Waals surface area contributed by atoms with Crippen LogP contribution in [0.5, 0.6) is 0 Å². The van der Waals surface area contributed by atoms with E-state index in [1.54, 1.807) is 19.2 Å². The van der Waals surface area contributed by atoms with Gasteiger partial charge in [-0.2, -0.15) is 0 Å². The number of hydrogen-bond donors (Lipinski definition) is 1. The second-order valence-electron chi connectivity index (χ2n) is 5.83. The summed E-state index contributed by atoms with van der Waals surface area (Å²) in [6.45, 7) is 6.47. The summed E-state index contributed by atoms with van der Waals surface area (Å²) in [5, 5.41) is 3.32. The van der Waals surface area contributed by atoms with E-state index in [1.165, 1.54) is 18.5 Å². The zero-order chi connectivity index (χ0) is 15.1. The fraction of sp³-hybridized carbons (Fsp3) is 0.647. The van der Waals surface area contributed by atoms with Gasteiger partial charge in [0.1, 0.15) is 5.82 Å². The zero-order valence-corrected chi connectivity index (χ0v) is 13.2. The molecule has 0 aliphatic heterocycles.